The van der Waals surface area contributed by atoms with Crippen LogP contribution in [0.2, 0.25) is 10.0 Å². The molecule has 0 aliphatic heterocycles. The van der Waals surface area contributed by atoms with E-state index in [1.165, 1.54) is 19.1 Å². The van der Waals surface area contributed by atoms with Crippen molar-refractivity contribution in [2.75, 3.05) is 13.2 Å². The lowest BCUT2D eigenvalue weighted by Crippen LogP contribution is -2.25. The Balaban J connectivity index is 2.55. The summed E-state index contributed by atoms with van der Waals surface area (Å²) in [5.74, 6) is -2.82. The number of hydrogen-bond acceptors (Lipinski definition) is 7. The zero-order chi connectivity index (χ0) is 22.8. The van der Waals surface area contributed by atoms with Crippen molar-refractivity contribution in [3.63, 3.8) is 0 Å². The van der Waals surface area contributed by atoms with Crippen LogP contribution in [-0.4, -0.2) is 48.1 Å². The highest BCUT2D eigenvalue weighted by atomic mass is 35.5. The molecule has 0 saturated carbocycles. The van der Waals surface area contributed by atoms with E-state index in [0.29, 0.717) is 12.0 Å². The Labute approximate surface area is 183 Å². The van der Waals surface area contributed by atoms with Crippen LogP contribution in [0.3, 0.4) is 0 Å². The van der Waals surface area contributed by atoms with E-state index in [1.54, 1.807) is 6.92 Å². The van der Waals surface area contributed by atoms with Gasteiger partial charge < -0.3 is 19.3 Å². The lowest BCUT2D eigenvalue weighted by molar-refractivity contribution is -0.159. The lowest BCUT2D eigenvalue weighted by atomic mass is 10.0. The lowest BCUT2D eigenvalue weighted by Gasteiger charge is -2.15. The van der Waals surface area contributed by atoms with Crippen LogP contribution in [0.25, 0.3) is 0 Å². The monoisotopic (exact) mass is 460 g/mol. The number of allylic oxidation sites excluding steroid dienone is 1. The first-order valence-electron chi connectivity index (χ1n) is 8.96. The largest absolute Gasteiger partial charge is 0.481 e. The number of halogens is 2. The molecule has 0 saturated heterocycles. The van der Waals surface area contributed by atoms with Crippen LogP contribution >= 0.6 is 23.2 Å². The molecule has 8 nitrogen and oxygen atoms in total. The molecular formula is C20H22Cl2O8. The number of carboxylic acid groups (broad SMARTS) is 1. The smallest absolute Gasteiger partial charge is 0.344 e. The zero-order valence-electron chi connectivity index (χ0n) is 16.5. The first-order valence-corrected chi connectivity index (χ1v) is 9.72. The van der Waals surface area contributed by atoms with E-state index in [1.807, 2.05) is 0 Å². The Morgan fingerprint density at radius 3 is 2.37 bits per heavy atom. The number of ketones is 1. The highest BCUT2D eigenvalue weighted by Crippen LogP contribution is 2.35. The molecule has 0 heterocycles. The topological polar surface area (TPSA) is 116 Å². The van der Waals surface area contributed by atoms with Crippen molar-refractivity contribution in [2.45, 2.75) is 39.2 Å². The molecule has 30 heavy (non-hydrogen) atoms. The molecule has 0 bridgehead atoms. The van der Waals surface area contributed by atoms with E-state index < -0.39 is 30.6 Å². The Morgan fingerprint density at radius 1 is 1.10 bits per heavy atom. The summed E-state index contributed by atoms with van der Waals surface area (Å²) < 4.78 is 15.1. The number of ether oxygens (including phenoxy) is 3. The molecule has 0 aliphatic rings. The molecule has 1 atom stereocenters. The molecule has 0 fully saturated rings. The second kappa shape index (κ2) is 12.2. The fourth-order valence-corrected chi connectivity index (χ4v) is 2.55. The van der Waals surface area contributed by atoms with Crippen molar-refractivity contribution in [2.24, 2.45) is 0 Å². The third-order valence-corrected chi connectivity index (χ3v) is 4.60. The molecule has 0 radical (unpaired) electrons. The fraction of sp³-hybridized carbons (Fsp3) is 0.400. The number of carbonyl (C=O) groups is 4. The maximum Gasteiger partial charge on any atom is 0.344 e. The summed E-state index contributed by atoms with van der Waals surface area (Å²) in [6.45, 7) is 6.23. The molecule has 0 aromatic heterocycles. The molecule has 0 amide bonds. The van der Waals surface area contributed by atoms with Crippen LogP contribution in [0.5, 0.6) is 5.75 Å². The van der Waals surface area contributed by atoms with Crippen LogP contribution < -0.4 is 4.74 Å². The van der Waals surface area contributed by atoms with Crippen molar-refractivity contribution >= 4 is 46.9 Å². The van der Waals surface area contributed by atoms with Gasteiger partial charge in [-0.15, -0.1) is 0 Å². The quantitative estimate of drug-likeness (QED) is 0.283. The van der Waals surface area contributed by atoms with E-state index in [-0.39, 0.29) is 46.6 Å². The molecular weight excluding hydrogens is 439 g/mol. The van der Waals surface area contributed by atoms with Crippen molar-refractivity contribution in [1.82, 2.24) is 0 Å². The number of Topliss-reactive ketones (excluding diaryl/α,β-unsaturated/α-hetero) is 1. The van der Waals surface area contributed by atoms with Gasteiger partial charge in [0.15, 0.2) is 12.4 Å². The van der Waals surface area contributed by atoms with Gasteiger partial charge in [0.2, 0.25) is 0 Å². The number of benzene rings is 1. The molecule has 1 aromatic carbocycles. The number of carboxylic acids is 1. The van der Waals surface area contributed by atoms with Crippen LogP contribution in [0.1, 0.15) is 43.5 Å². The maximum absolute atomic E-state index is 12.2. The van der Waals surface area contributed by atoms with Gasteiger partial charge in [0.25, 0.3) is 0 Å². The summed E-state index contributed by atoms with van der Waals surface area (Å²) in [4.78, 5) is 45.8. The van der Waals surface area contributed by atoms with Crippen LogP contribution in [0.15, 0.2) is 24.3 Å². The SMILES string of the molecule is C=C(CC)C(=O)c1ccc(OCC(=O)OC(C)COC(=O)CCC(=O)O)c(Cl)c1Cl. The van der Waals surface area contributed by atoms with Crippen molar-refractivity contribution in [1.29, 1.82) is 0 Å². The van der Waals surface area contributed by atoms with Crippen LogP contribution in [0, 0.1) is 0 Å². The second-order valence-electron chi connectivity index (χ2n) is 6.19. The number of rotatable bonds is 12. The number of hydrogen-bond donors (Lipinski definition) is 1. The van der Waals surface area contributed by atoms with Gasteiger partial charge in [-0.3, -0.25) is 14.4 Å². The molecule has 10 heteroatoms. The average molecular weight is 461 g/mol. The van der Waals surface area contributed by atoms with Crippen molar-refractivity contribution < 1.29 is 38.5 Å². The Kier molecular flexibility index (Phi) is 10.3. The summed E-state index contributed by atoms with van der Waals surface area (Å²) in [6, 6.07) is 2.84. The minimum atomic E-state index is -1.12. The van der Waals surface area contributed by atoms with Crippen molar-refractivity contribution in [3.8, 4) is 5.75 Å². The summed E-state index contributed by atoms with van der Waals surface area (Å²) in [6.07, 6.45) is -0.929. The third kappa shape index (κ3) is 8.04. The van der Waals surface area contributed by atoms with E-state index in [9.17, 15) is 19.2 Å². The molecule has 1 unspecified atom stereocenters. The van der Waals surface area contributed by atoms with Gasteiger partial charge in [0, 0.05) is 5.56 Å². The third-order valence-electron chi connectivity index (χ3n) is 3.74. The first kappa shape index (κ1) is 25.5. The van der Waals surface area contributed by atoms with Gasteiger partial charge in [0.1, 0.15) is 23.5 Å². The van der Waals surface area contributed by atoms with Crippen molar-refractivity contribution in [3.05, 3.63) is 39.9 Å². The average Bonchev–Trinajstić information content (AvgIpc) is 2.70. The summed E-state index contributed by atoms with van der Waals surface area (Å²) in [7, 11) is 0. The number of carbonyl (C=O) groups excluding carboxylic acids is 3. The molecule has 164 valence electrons. The Hall–Kier alpha value is -2.58. The zero-order valence-corrected chi connectivity index (χ0v) is 18.0. The molecule has 1 rings (SSSR count). The van der Waals surface area contributed by atoms with Gasteiger partial charge in [-0.2, -0.15) is 0 Å². The van der Waals surface area contributed by atoms with Crippen LogP contribution in [0.4, 0.5) is 0 Å². The minimum Gasteiger partial charge on any atom is -0.481 e. The number of esters is 2. The molecule has 1 aromatic rings. The molecule has 1 N–H and O–H groups in total. The summed E-state index contributed by atoms with van der Waals surface area (Å²) >= 11 is 12.3. The number of aliphatic carboxylic acids is 1. The fourth-order valence-electron chi connectivity index (χ4n) is 2.09. The molecule has 0 aliphatic carbocycles. The van der Waals surface area contributed by atoms with E-state index >= 15 is 0 Å². The van der Waals surface area contributed by atoms with Gasteiger partial charge in [-0.1, -0.05) is 36.7 Å². The predicted molar refractivity (Wildman–Crippen MR) is 109 cm³/mol. The summed E-state index contributed by atoms with van der Waals surface area (Å²) in [5, 5.41) is 8.46. The van der Waals surface area contributed by atoms with Gasteiger partial charge in [-0.05, 0) is 31.1 Å². The van der Waals surface area contributed by atoms with E-state index in [2.05, 4.69) is 6.58 Å². The Bertz CT molecular complexity index is 834. The normalized spacial score (nSPS) is 11.3. The van der Waals surface area contributed by atoms with Gasteiger partial charge in [0.05, 0.1) is 17.9 Å². The highest BCUT2D eigenvalue weighted by Gasteiger charge is 2.19. The predicted octanol–water partition coefficient (Wildman–Crippen LogP) is 3.86. The van der Waals surface area contributed by atoms with Crippen LogP contribution in [-0.2, 0) is 23.9 Å². The van der Waals surface area contributed by atoms with E-state index in [0.717, 1.165) is 0 Å². The minimum absolute atomic E-state index is 0.0104. The maximum atomic E-state index is 12.2. The second-order valence-corrected chi connectivity index (χ2v) is 6.95. The highest BCUT2D eigenvalue weighted by molar-refractivity contribution is 6.45. The van der Waals surface area contributed by atoms with Gasteiger partial charge >= 0.3 is 17.9 Å². The Morgan fingerprint density at radius 2 is 1.77 bits per heavy atom. The standard InChI is InChI=1S/C20H22Cl2O8/c1-4-11(2)20(27)13-5-6-14(19(22)18(13)21)28-10-17(26)30-12(3)9-29-16(25)8-7-15(23)24/h5-6,12H,2,4,7-10H2,1,3H3,(H,23,24). The summed E-state index contributed by atoms with van der Waals surface area (Å²) in [5.41, 5.74) is 0.560. The van der Waals surface area contributed by atoms with E-state index in [4.69, 9.17) is 42.5 Å². The molecule has 0 spiro atoms. The first-order chi connectivity index (χ1) is 14.1. The van der Waals surface area contributed by atoms with Gasteiger partial charge in [-0.25, -0.2) is 4.79 Å².